The third kappa shape index (κ3) is 2.30. The van der Waals surface area contributed by atoms with Crippen molar-refractivity contribution in [3.8, 4) is 0 Å². The van der Waals surface area contributed by atoms with Gasteiger partial charge in [0.25, 0.3) is 0 Å². The lowest BCUT2D eigenvalue weighted by molar-refractivity contribution is 0.444. The molecule has 6 nitrogen and oxygen atoms in total. The number of H-pyrrole nitrogens is 1. The van der Waals surface area contributed by atoms with Crippen molar-refractivity contribution in [2.45, 2.75) is 31.7 Å². The highest BCUT2D eigenvalue weighted by Gasteiger charge is 2.37. The van der Waals surface area contributed by atoms with Gasteiger partial charge in [-0.15, -0.1) is 0 Å². The molecule has 1 heterocycles. The van der Waals surface area contributed by atoms with Crippen LogP contribution >= 0.6 is 0 Å². The van der Waals surface area contributed by atoms with Crippen LogP contribution in [0.15, 0.2) is 4.90 Å². The van der Waals surface area contributed by atoms with E-state index >= 15 is 0 Å². The van der Waals surface area contributed by atoms with Gasteiger partial charge in [0.05, 0.1) is 11.4 Å². The van der Waals surface area contributed by atoms with E-state index in [0.29, 0.717) is 29.8 Å². The molecule has 0 spiro atoms. The molecule has 1 aromatic rings. The fraction of sp³-hybridized carbons (Fsp3) is 0.727. The van der Waals surface area contributed by atoms with Gasteiger partial charge in [-0.2, -0.15) is 5.10 Å². The number of aromatic nitrogens is 2. The summed E-state index contributed by atoms with van der Waals surface area (Å²) in [4.78, 5) is 0.237. The van der Waals surface area contributed by atoms with E-state index in [9.17, 15) is 8.42 Å². The van der Waals surface area contributed by atoms with Crippen molar-refractivity contribution < 1.29 is 8.42 Å². The number of nitrogens with one attached hydrogen (secondary N) is 1. The minimum absolute atomic E-state index is 0.118. The third-order valence-electron chi connectivity index (χ3n) is 3.59. The molecule has 2 unspecified atom stereocenters. The molecule has 0 aliphatic heterocycles. The van der Waals surface area contributed by atoms with E-state index in [0.717, 1.165) is 6.42 Å². The highest BCUT2D eigenvalue weighted by Crippen LogP contribution is 2.39. The summed E-state index contributed by atoms with van der Waals surface area (Å²) in [6.07, 6.45) is 1.11. The van der Waals surface area contributed by atoms with Gasteiger partial charge in [-0.25, -0.2) is 12.7 Å². The van der Waals surface area contributed by atoms with E-state index < -0.39 is 10.0 Å². The Hall–Kier alpha value is -0.920. The van der Waals surface area contributed by atoms with Gasteiger partial charge in [0, 0.05) is 20.1 Å². The monoisotopic (exact) mass is 272 g/mol. The summed E-state index contributed by atoms with van der Waals surface area (Å²) in [5, 5.41) is 6.63. The van der Waals surface area contributed by atoms with E-state index in [2.05, 4.69) is 17.1 Å². The molecule has 2 rings (SSSR count). The Morgan fingerprint density at radius 2 is 2.17 bits per heavy atom. The van der Waals surface area contributed by atoms with Crippen LogP contribution in [0.4, 0.5) is 0 Å². The Morgan fingerprint density at radius 3 is 2.67 bits per heavy atom. The smallest absolute Gasteiger partial charge is 0.246 e. The van der Waals surface area contributed by atoms with Crippen LogP contribution in [0, 0.1) is 18.8 Å². The lowest BCUT2D eigenvalue weighted by atomic mass is 10.3. The van der Waals surface area contributed by atoms with E-state index in [4.69, 9.17) is 5.73 Å². The first-order chi connectivity index (χ1) is 8.37. The third-order valence-corrected chi connectivity index (χ3v) is 5.62. The zero-order valence-electron chi connectivity index (χ0n) is 11.0. The Bertz CT molecular complexity index is 537. The molecule has 0 radical (unpaired) electrons. The number of nitrogens with two attached hydrogens (primary N) is 1. The summed E-state index contributed by atoms with van der Waals surface area (Å²) in [6, 6.07) is 0. The van der Waals surface area contributed by atoms with Crippen LogP contribution in [-0.4, -0.2) is 36.5 Å². The summed E-state index contributed by atoms with van der Waals surface area (Å²) in [6.45, 7) is 4.52. The standard InChI is InChI=1S/C11H20N4O2S/c1-7-4-9(7)6-15(3)18(16,17)11-8(2)13-14-10(11)5-12/h7,9H,4-6,12H2,1-3H3,(H,13,14). The van der Waals surface area contributed by atoms with Gasteiger partial charge in [0.15, 0.2) is 0 Å². The van der Waals surface area contributed by atoms with Gasteiger partial charge in [-0.3, -0.25) is 5.10 Å². The second-order valence-electron chi connectivity index (χ2n) is 5.09. The number of nitrogens with zero attached hydrogens (tertiary/aromatic N) is 2. The predicted molar refractivity (Wildman–Crippen MR) is 68.3 cm³/mol. The lowest BCUT2D eigenvalue weighted by Gasteiger charge is -2.17. The van der Waals surface area contributed by atoms with Crippen LogP contribution in [0.1, 0.15) is 24.7 Å². The molecular formula is C11H20N4O2S. The molecule has 0 aromatic carbocycles. The Labute approximate surface area is 108 Å². The molecule has 0 amide bonds. The van der Waals surface area contributed by atoms with Crippen molar-refractivity contribution in [3.63, 3.8) is 0 Å². The number of hydrogen-bond donors (Lipinski definition) is 2. The molecule has 1 aromatic heterocycles. The fourth-order valence-corrected chi connectivity index (χ4v) is 3.75. The minimum atomic E-state index is -3.49. The zero-order chi connectivity index (χ0) is 13.5. The van der Waals surface area contributed by atoms with Crippen LogP contribution in [0.2, 0.25) is 0 Å². The zero-order valence-corrected chi connectivity index (χ0v) is 11.8. The topological polar surface area (TPSA) is 92.1 Å². The molecule has 2 atom stereocenters. The molecule has 18 heavy (non-hydrogen) atoms. The predicted octanol–water partition coefficient (Wildman–Crippen LogP) is 0.453. The maximum atomic E-state index is 12.5. The van der Waals surface area contributed by atoms with Crippen LogP contribution < -0.4 is 5.73 Å². The van der Waals surface area contributed by atoms with E-state index in [1.54, 1.807) is 14.0 Å². The maximum absolute atomic E-state index is 12.5. The molecule has 0 saturated heterocycles. The first-order valence-corrected chi connectivity index (χ1v) is 7.52. The minimum Gasteiger partial charge on any atom is -0.325 e. The summed E-state index contributed by atoms with van der Waals surface area (Å²) in [5.74, 6) is 1.11. The average molecular weight is 272 g/mol. The molecule has 1 aliphatic rings. The summed E-state index contributed by atoms with van der Waals surface area (Å²) >= 11 is 0. The SMILES string of the molecule is Cc1[nH]nc(CN)c1S(=O)(=O)N(C)CC1CC1C. The Kier molecular flexibility index (Phi) is 3.48. The highest BCUT2D eigenvalue weighted by molar-refractivity contribution is 7.89. The number of hydrogen-bond acceptors (Lipinski definition) is 4. The van der Waals surface area contributed by atoms with Gasteiger partial charge in [-0.1, -0.05) is 6.92 Å². The Balaban J connectivity index is 2.26. The van der Waals surface area contributed by atoms with Gasteiger partial charge in [-0.05, 0) is 25.2 Å². The number of rotatable bonds is 5. The van der Waals surface area contributed by atoms with Crippen LogP contribution in [-0.2, 0) is 16.6 Å². The van der Waals surface area contributed by atoms with Gasteiger partial charge < -0.3 is 5.73 Å². The second-order valence-corrected chi connectivity index (χ2v) is 7.07. The molecule has 1 aliphatic carbocycles. The summed E-state index contributed by atoms with van der Waals surface area (Å²) in [5.41, 5.74) is 6.48. The maximum Gasteiger partial charge on any atom is 0.246 e. The van der Waals surface area contributed by atoms with Crippen molar-refractivity contribution >= 4 is 10.0 Å². The molecule has 1 fully saturated rings. The van der Waals surface area contributed by atoms with Crippen molar-refractivity contribution in [1.82, 2.24) is 14.5 Å². The highest BCUT2D eigenvalue weighted by atomic mass is 32.2. The van der Waals surface area contributed by atoms with Crippen LogP contribution in [0.25, 0.3) is 0 Å². The van der Waals surface area contributed by atoms with Gasteiger partial charge >= 0.3 is 0 Å². The molecular weight excluding hydrogens is 252 g/mol. The van der Waals surface area contributed by atoms with Crippen LogP contribution in [0.5, 0.6) is 0 Å². The Morgan fingerprint density at radius 1 is 1.56 bits per heavy atom. The van der Waals surface area contributed by atoms with Crippen molar-refractivity contribution in [1.29, 1.82) is 0 Å². The largest absolute Gasteiger partial charge is 0.325 e. The molecule has 0 bridgehead atoms. The normalized spacial score (nSPS) is 23.6. The average Bonchev–Trinajstić information content (AvgIpc) is 2.85. The second kappa shape index (κ2) is 4.64. The summed E-state index contributed by atoms with van der Waals surface area (Å²) < 4.78 is 26.4. The molecule has 7 heteroatoms. The van der Waals surface area contributed by atoms with E-state index in [1.807, 2.05) is 0 Å². The number of aromatic amines is 1. The number of sulfonamides is 1. The van der Waals surface area contributed by atoms with Crippen molar-refractivity contribution in [2.24, 2.45) is 17.6 Å². The van der Waals surface area contributed by atoms with Crippen molar-refractivity contribution in [3.05, 3.63) is 11.4 Å². The summed E-state index contributed by atoms with van der Waals surface area (Å²) in [7, 11) is -1.87. The quantitative estimate of drug-likeness (QED) is 0.814. The fourth-order valence-electron chi connectivity index (χ4n) is 2.19. The molecule has 3 N–H and O–H groups in total. The first kappa shape index (κ1) is 13.5. The number of aryl methyl sites for hydroxylation is 1. The van der Waals surface area contributed by atoms with Gasteiger partial charge in [0.2, 0.25) is 10.0 Å². The lowest BCUT2D eigenvalue weighted by Crippen LogP contribution is -2.30. The van der Waals surface area contributed by atoms with Crippen molar-refractivity contribution in [2.75, 3.05) is 13.6 Å². The first-order valence-electron chi connectivity index (χ1n) is 6.08. The van der Waals surface area contributed by atoms with E-state index in [-0.39, 0.29) is 11.4 Å². The van der Waals surface area contributed by atoms with E-state index in [1.165, 1.54) is 4.31 Å². The van der Waals surface area contributed by atoms with Crippen LogP contribution in [0.3, 0.4) is 0 Å². The molecule has 102 valence electrons. The van der Waals surface area contributed by atoms with Gasteiger partial charge in [0.1, 0.15) is 4.90 Å². The molecule has 1 saturated carbocycles.